The molecule has 5 heteroatoms. The number of imidazole rings is 1. The lowest BCUT2D eigenvalue weighted by molar-refractivity contribution is -0.00644. The standard InChI is InChI=1S/C18H23FN2O2/c1-5-11-18(3,4)23-17(22)15-16(19)20-12-21(15)13(2)14-9-7-6-8-10-14/h6-10,12-13H,5,11H2,1-4H3/t13-/m1/s1. The van der Waals surface area contributed by atoms with Crippen LogP contribution in [0.15, 0.2) is 36.7 Å². The van der Waals surface area contributed by atoms with Gasteiger partial charge in [-0.3, -0.25) is 0 Å². The topological polar surface area (TPSA) is 44.1 Å². The number of rotatable bonds is 6. The highest BCUT2D eigenvalue weighted by Crippen LogP contribution is 2.24. The summed E-state index contributed by atoms with van der Waals surface area (Å²) in [7, 11) is 0. The zero-order chi connectivity index (χ0) is 17.0. The van der Waals surface area contributed by atoms with Gasteiger partial charge in [-0.15, -0.1) is 0 Å². The summed E-state index contributed by atoms with van der Waals surface area (Å²) >= 11 is 0. The van der Waals surface area contributed by atoms with Crippen LogP contribution in [0.1, 0.15) is 62.6 Å². The molecular formula is C18H23FN2O2. The minimum absolute atomic E-state index is 0.134. The van der Waals surface area contributed by atoms with Gasteiger partial charge in [0.2, 0.25) is 5.95 Å². The van der Waals surface area contributed by atoms with E-state index in [-0.39, 0.29) is 11.7 Å². The van der Waals surface area contributed by atoms with Crippen molar-refractivity contribution in [2.75, 3.05) is 0 Å². The quantitative estimate of drug-likeness (QED) is 0.743. The minimum atomic E-state index is -0.801. The van der Waals surface area contributed by atoms with Crippen molar-refractivity contribution < 1.29 is 13.9 Å². The molecular weight excluding hydrogens is 295 g/mol. The number of carbonyl (C=O) groups is 1. The molecule has 1 aromatic carbocycles. The fourth-order valence-corrected chi connectivity index (χ4v) is 2.67. The van der Waals surface area contributed by atoms with E-state index in [2.05, 4.69) is 4.98 Å². The number of halogens is 1. The van der Waals surface area contributed by atoms with E-state index in [9.17, 15) is 9.18 Å². The summed E-state index contributed by atoms with van der Waals surface area (Å²) in [6.45, 7) is 7.56. The fraction of sp³-hybridized carbons (Fsp3) is 0.444. The van der Waals surface area contributed by atoms with E-state index < -0.39 is 17.5 Å². The first-order valence-corrected chi connectivity index (χ1v) is 7.86. The summed E-state index contributed by atoms with van der Waals surface area (Å²) in [4.78, 5) is 16.1. The fourth-order valence-electron chi connectivity index (χ4n) is 2.67. The van der Waals surface area contributed by atoms with Crippen LogP contribution in [0.4, 0.5) is 4.39 Å². The van der Waals surface area contributed by atoms with Crippen molar-refractivity contribution in [1.82, 2.24) is 9.55 Å². The minimum Gasteiger partial charge on any atom is -0.455 e. The Kier molecular flexibility index (Phi) is 5.19. The number of hydrogen-bond acceptors (Lipinski definition) is 3. The first-order chi connectivity index (χ1) is 10.9. The van der Waals surface area contributed by atoms with Gasteiger partial charge in [-0.05, 0) is 32.8 Å². The van der Waals surface area contributed by atoms with E-state index >= 15 is 0 Å². The van der Waals surface area contributed by atoms with Gasteiger partial charge in [0, 0.05) is 0 Å². The lowest BCUT2D eigenvalue weighted by Crippen LogP contribution is -2.29. The van der Waals surface area contributed by atoms with Crippen LogP contribution in [-0.2, 0) is 4.74 Å². The van der Waals surface area contributed by atoms with Crippen molar-refractivity contribution in [2.45, 2.75) is 52.2 Å². The zero-order valence-corrected chi connectivity index (χ0v) is 14.0. The average molecular weight is 318 g/mol. The lowest BCUT2D eigenvalue weighted by Gasteiger charge is -2.25. The highest BCUT2D eigenvalue weighted by Gasteiger charge is 2.29. The molecule has 0 unspecified atom stereocenters. The predicted octanol–water partition coefficient (Wildman–Crippen LogP) is 4.37. The number of hydrogen-bond donors (Lipinski definition) is 0. The van der Waals surface area contributed by atoms with Gasteiger partial charge in [0.05, 0.1) is 12.4 Å². The molecule has 1 aromatic heterocycles. The van der Waals surface area contributed by atoms with Crippen LogP contribution in [-0.4, -0.2) is 21.1 Å². The Morgan fingerprint density at radius 3 is 2.61 bits per heavy atom. The van der Waals surface area contributed by atoms with Crippen molar-refractivity contribution in [3.8, 4) is 0 Å². The van der Waals surface area contributed by atoms with Crippen molar-refractivity contribution in [2.24, 2.45) is 0 Å². The SMILES string of the molecule is CCCC(C)(C)OC(=O)c1c(F)ncn1[C@H](C)c1ccccc1. The molecule has 1 atom stereocenters. The maximum atomic E-state index is 14.1. The van der Waals surface area contributed by atoms with Crippen LogP contribution in [0.2, 0.25) is 0 Å². The molecule has 23 heavy (non-hydrogen) atoms. The van der Waals surface area contributed by atoms with Crippen LogP contribution in [0.5, 0.6) is 0 Å². The number of esters is 1. The molecule has 2 rings (SSSR count). The van der Waals surface area contributed by atoms with Crippen molar-refractivity contribution in [1.29, 1.82) is 0 Å². The highest BCUT2D eigenvalue weighted by molar-refractivity contribution is 5.88. The van der Waals surface area contributed by atoms with Gasteiger partial charge in [0.1, 0.15) is 5.60 Å². The second-order valence-corrected chi connectivity index (χ2v) is 6.28. The van der Waals surface area contributed by atoms with E-state index in [4.69, 9.17) is 4.74 Å². The van der Waals surface area contributed by atoms with Gasteiger partial charge in [0.15, 0.2) is 5.69 Å². The van der Waals surface area contributed by atoms with E-state index in [1.807, 2.05) is 58.0 Å². The number of benzene rings is 1. The van der Waals surface area contributed by atoms with Crippen molar-refractivity contribution >= 4 is 5.97 Å². The summed E-state index contributed by atoms with van der Waals surface area (Å²) in [5, 5.41) is 0. The molecule has 0 bridgehead atoms. The average Bonchev–Trinajstić information content (AvgIpc) is 2.88. The third-order valence-electron chi connectivity index (χ3n) is 3.86. The second kappa shape index (κ2) is 6.94. The molecule has 0 saturated carbocycles. The third-order valence-corrected chi connectivity index (χ3v) is 3.86. The molecule has 124 valence electrons. The van der Waals surface area contributed by atoms with Crippen LogP contribution in [0, 0.1) is 5.95 Å². The summed E-state index contributed by atoms with van der Waals surface area (Å²) in [6.07, 6.45) is 2.93. The number of aromatic nitrogens is 2. The summed E-state index contributed by atoms with van der Waals surface area (Å²) in [6, 6.07) is 9.36. The predicted molar refractivity (Wildman–Crippen MR) is 86.8 cm³/mol. The molecule has 0 fully saturated rings. The molecule has 0 aliphatic rings. The van der Waals surface area contributed by atoms with Crippen LogP contribution >= 0.6 is 0 Å². The van der Waals surface area contributed by atoms with E-state index in [1.165, 1.54) is 10.9 Å². The number of carbonyl (C=O) groups excluding carboxylic acids is 1. The molecule has 0 aliphatic carbocycles. The molecule has 0 aliphatic heterocycles. The summed E-state index contributed by atoms with van der Waals surface area (Å²) in [5.41, 5.74) is 0.195. The van der Waals surface area contributed by atoms with E-state index in [0.717, 1.165) is 12.0 Å². The number of ether oxygens (including phenoxy) is 1. The molecule has 1 heterocycles. The molecule has 0 amide bonds. The van der Waals surface area contributed by atoms with Crippen LogP contribution in [0.3, 0.4) is 0 Å². The Labute approximate surface area is 136 Å². The van der Waals surface area contributed by atoms with Gasteiger partial charge in [0.25, 0.3) is 0 Å². The molecule has 0 N–H and O–H groups in total. The Bertz CT molecular complexity index is 665. The third kappa shape index (κ3) is 3.97. The van der Waals surface area contributed by atoms with Crippen molar-refractivity contribution in [3.05, 3.63) is 53.9 Å². The largest absolute Gasteiger partial charge is 0.455 e. The second-order valence-electron chi connectivity index (χ2n) is 6.28. The molecule has 2 aromatic rings. The molecule has 0 saturated heterocycles. The van der Waals surface area contributed by atoms with Gasteiger partial charge in [-0.2, -0.15) is 4.39 Å². The Balaban J connectivity index is 2.30. The summed E-state index contributed by atoms with van der Waals surface area (Å²) < 4.78 is 21.1. The van der Waals surface area contributed by atoms with Gasteiger partial charge in [-0.1, -0.05) is 43.7 Å². The molecule has 0 radical (unpaired) electrons. The molecule has 0 spiro atoms. The van der Waals surface area contributed by atoms with E-state index in [1.54, 1.807) is 0 Å². The maximum absolute atomic E-state index is 14.1. The monoisotopic (exact) mass is 318 g/mol. The Morgan fingerprint density at radius 1 is 1.35 bits per heavy atom. The first kappa shape index (κ1) is 17.2. The number of nitrogens with zero attached hydrogens (tertiary/aromatic N) is 2. The van der Waals surface area contributed by atoms with Gasteiger partial charge < -0.3 is 9.30 Å². The van der Waals surface area contributed by atoms with Crippen LogP contribution in [0.25, 0.3) is 0 Å². The summed E-state index contributed by atoms with van der Waals surface area (Å²) in [5.74, 6) is -1.48. The normalized spacial score (nSPS) is 12.9. The highest BCUT2D eigenvalue weighted by atomic mass is 19.1. The maximum Gasteiger partial charge on any atom is 0.360 e. The van der Waals surface area contributed by atoms with Gasteiger partial charge >= 0.3 is 5.97 Å². The smallest absolute Gasteiger partial charge is 0.360 e. The molecule has 4 nitrogen and oxygen atoms in total. The van der Waals surface area contributed by atoms with E-state index in [0.29, 0.717) is 6.42 Å². The first-order valence-electron chi connectivity index (χ1n) is 7.86. The lowest BCUT2D eigenvalue weighted by atomic mass is 10.0. The Morgan fingerprint density at radius 2 is 2.00 bits per heavy atom. The van der Waals surface area contributed by atoms with Gasteiger partial charge in [-0.25, -0.2) is 9.78 Å². The van der Waals surface area contributed by atoms with Crippen LogP contribution < -0.4 is 0 Å². The van der Waals surface area contributed by atoms with Crippen molar-refractivity contribution in [3.63, 3.8) is 0 Å². The zero-order valence-electron chi connectivity index (χ0n) is 14.0. The Hall–Kier alpha value is -2.17.